The molecule has 4 rings (SSSR count). The predicted octanol–water partition coefficient (Wildman–Crippen LogP) is 4.90. The average molecular weight is 456 g/mol. The van der Waals surface area contributed by atoms with Crippen molar-refractivity contribution in [1.82, 2.24) is 20.2 Å². The van der Waals surface area contributed by atoms with E-state index in [0.717, 1.165) is 21.9 Å². The molecular weight excluding hydrogens is 438 g/mol. The van der Waals surface area contributed by atoms with Crippen molar-refractivity contribution in [2.45, 2.75) is 5.16 Å². The summed E-state index contributed by atoms with van der Waals surface area (Å²) in [5.41, 5.74) is 1.77. The van der Waals surface area contributed by atoms with Gasteiger partial charge in [0, 0.05) is 15.8 Å². The van der Waals surface area contributed by atoms with Crippen LogP contribution < -0.4 is 10.1 Å². The molecule has 0 radical (unpaired) electrons. The first kappa shape index (κ1) is 20.3. The Morgan fingerprint density at radius 2 is 2.07 bits per heavy atom. The third-order valence-electron chi connectivity index (χ3n) is 3.90. The SMILES string of the molecule is COc1ccc(-c2csc(NC(=O)CSc3n[nH]c(/C=C/c4cccs4)n3)n2)cc1. The van der Waals surface area contributed by atoms with E-state index in [1.165, 1.54) is 23.1 Å². The zero-order chi connectivity index (χ0) is 20.8. The highest BCUT2D eigenvalue weighted by molar-refractivity contribution is 7.99. The molecule has 0 aliphatic heterocycles. The van der Waals surface area contributed by atoms with Crippen LogP contribution in [-0.2, 0) is 4.79 Å². The van der Waals surface area contributed by atoms with Crippen LogP contribution in [0.1, 0.15) is 10.7 Å². The van der Waals surface area contributed by atoms with E-state index in [9.17, 15) is 4.79 Å². The van der Waals surface area contributed by atoms with Crippen LogP contribution >= 0.6 is 34.4 Å². The number of carbonyl (C=O) groups excluding carboxylic acids is 1. The van der Waals surface area contributed by atoms with Crippen molar-refractivity contribution in [3.8, 4) is 17.0 Å². The van der Waals surface area contributed by atoms with E-state index in [2.05, 4.69) is 25.5 Å². The smallest absolute Gasteiger partial charge is 0.236 e. The lowest BCUT2D eigenvalue weighted by Crippen LogP contribution is -2.13. The van der Waals surface area contributed by atoms with E-state index in [-0.39, 0.29) is 11.7 Å². The van der Waals surface area contributed by atoms with E-state index < -0.39 is 0 Å². The van der Waals surface area contributed by atoms with Gasteiger partial charge >= 0.3 is 0 Å². The molecule has 0 saturated heterocycles. The fraction of sp³-hybridized carbons (Fsp3) is 0.100. The summed E-state index contributed by atoms with van der Waals surface area (Å²) in [6.45, 7) is 0. The predicted molar refractivity (Wildman–Crippen MR) is 123 cm³/mol. The van der Waals surface area contributed by atoms with Crippen molar-refractivity contribution in [1.29, 1.82) is 0 Å². The Morgan fingerprint density at radius 3 is 2.83 bits per heavy atom. The van der Waals surface area contributed by atoms with E-state index in [1.807, 2.05) is 59.3 Å². The fourth-order valence-electron chi connectivity index (χ4n) is 2.46. The number of methoxy groups -OCH3 is 1. The molecule has 2 N–H and O–H groups in total. The first-order valence-corrected chi connectivity index (χ1v) is 11.6. The summed E-state index contributed by atoms with van der Waals surface area (Å²) < 4.78 is 5.17. The van der Waals surface area contributed by atoms with Crippen molar-refractivity contribution in [3.05, 3.63) is 57.9 Å². The lowest BCUT2D eigenvalue weighted by Gasteiger charge is -2.01. The number of thioether (sulfide) groups is 1. The number of nitrogens with one attached hydrogen (secondary N) is 2. The molecule has 0 aliphatic carbocycles. The normalized spacial score (nSPS) is 11.1. The topological polar surface area (TPSA) is 92.8 Å². The Kier molecular flexibility index (Phi) is 6.57. The lowest BCUT2D eigenvalue weighted by molar-refractivity contribution is -0.113. The van der Waals surface area contributed by atoms with Crippen molar-refractivity contribution < 1.29 is 9.53 Å². The monoisotopic (exact) mass is 455 g/mol. The number of thiophene rings is 1. The number of aromatic amines is 1. The van der Waals surface area contributed by atoms with Crippen LogP contribution in [-0.4, -0.2) is 38.9 Å². The number of anilines is 1. The van der Waals surface area contributed by atoms with Crippen LogP contribution in [0.3, 0.4) is 0 Å². The Balaban J connectivity index is 1.28. The zero-order valence-electron chi connectivity index (χ0n) is 15.9. The first-order chi connectivity index (χ1) is 14.7. The summed E-state index contributed by atoms with van der Waals surface area (Å²) in [5, 5.41) is 14.8. The number of ether oxygens (including phenoxy) is 1. The summed E-state index contributed by atoms with van der Waals surface area (Å²) in [6, 6.07) is 11.6. The molecule has 3 heterocycles. The van der Waals surface area contributed by atoms with Crippen LogP contribution in [0.25, 0.3) is 23.4 Å². The van der Waals surface area contributed by atoms with E-state index in [0.29, 0.717) is 16.1 Å². The minimum absolute atomic E-state index is 0.156. The molecule has 30 heavy (non-hydrogen) atoms. The highest BCUT2D eigenvalue weighted by Crippen LogP contribution is 2.26. The molecule has 0 saturated carbocycles. The Hall–Kier alpha value is -2.95. The number of H-pyrrole nitrogens is 1. The first-order valence-electron chi connectivity index (χ1n) is 8.86. The Bertz CT molecular complexity index is 1130. The van der Waals surface area contributed by atoms with Gasteiger partial charge in [0.15, 0.2) is 5.13 Å². The molecular formula is C20H17N5O2S3. The molecule has 0 atom stereocenters. The third-order valence-corrected chi connectivity index (χ3v) is 6.34. The number of amides is 1. The highest BCUT2D eigenvalue weighted by atomic mass is 32.2. The van der Waals surface area contributed by atoms with Gasteiger partial charge < -0.3 is 10.1 Å². The zero-order valence-corrected chi connectivity index (χ0v) is 18.3. The Morgan fingerprint density at radius 1 is 1.20 bits per heavy atom. The average Bonchev–Trinajstić information content (AvgIpc) is 3.53. The molecule has 3 aromatic heterocycles. The maximum absolute atomic E-state index is 12.2. The van der Waals surface area contributed by atoms with Gasteiger partial charge in [-0.3, -0.25) is 9.89 Å². The second kappa shape index (κ2) is 9.70. The number of aromatic nitrogens is 4. The van der Waals surface area contributed by atoms with Crippen molar-refractivity contribution in [3.63, 3.8) is 0 Å². The number of rotatable bonds is 8. The second-order valence-electron chi connectivity index (χ2n) is 5.96. The Labute approximate surface area is 185 Å². The second-order valence-corrected chi connectivity index (χ2v) is 8.74. The molecule has 10 heteroatoms. The van der Waals surface area contributed by atoms with Crippen molar-refractivity contribution >= 4 is 57.6 Å². The van der Waals surface area contributed by atoms with Gasteiger partial charge in [-0.1, -0.05) is 17.8 Å². The number of hydrogen-bond acceptors (Lipinski definition) is 8. The summed E-state index contributed by atoms with van der Waals surface area (Å²) in [4.78, 5) is 22.2. The van der Waals surface area contributed by atoms with Crippen LogP contribution in [0, 0.1) is 0 Å². The number of benzene rings is 1. The van der Waals surface area contributed by atoms with E-state index in [4.69, 9.17) is 4.74 Å². The van der Waals surface area contributed by atoms with E-state index >= 15 is 0 Å². The molecule has 1 amide bonds. The van der Waals surface area contributed by atoms with E-state index in [1.54, 1.807) is 18.4 Å². The van der Waals surface area contributed by atoms with Gasteiger partial charge in [-0.2, -0.15) is 0 Å². The van der Waals surface area contributed by atoms with Gasteiger partial charge in [0.1, 0.15) is 11.6 Å². The molecule has 152 valence electrons. The number of thiazole rings is 1. The van der Waals surface area contributed by atoms with Crippen molar-refractivity contribution in [2.75, 3.05) is 18.2 Å². The fourth-order valence-corrected chi connectivity index (χ4v) is 4.41. The number of nitrogens with zero attached hydrogens (tertiary/aromatic N) is 3. The number of hydrogen-bond donors (Lipinski definition) is 2. The van der Waals surface area contributed by atoms with Crippen LogP contribution in [0.4, 0.5) is 5.13 Å². The van der Waals surface area contributed by atoms with Gasteiger partial charge in [-0.15, -0.1) is 27.8 Å². The summed E-state index contributed by atoms with van der Waals surface area (Å²) in [5.74, 6) is 1.48. The van der Waals surface area contributed by atoms with Gasteiger partial charge in [0.05, 0.1) is 18.6 Å². The molecule has 0 fully saturated rings. The van der Waals surface area contributed by atoms with Crippen LogP contribution in [0.15, 0.2) is 52.3 Å². The standard InChI is InChI=1S/C20H17N5O2S3/c1-27-14-6-4-13(5-7-14)16-11-29-19(21-16)23-18(26)12-30-20-22-17(24-25-20)9-8-15-3-2-10-28-15/h2-11H,12H2,1H3,(H,21,23,26)(H,22,24,25)/b9-8+. The molecule has 0 bridgehead atoms. The minimum atomic E-state index is -0.156. The molecule has 0 unspecified atom stereocenters. The molecule has 0 aliphatic rings. The summed E-state index contributed by atoms with van der Waals surface area (Å²) in [6.07, 6.45) is 3.83. The van der Waals surface area contributed by atoms with Gasteiger partial charge in [0.25, 0.3) is 0 Å². The van der Waals surface area contributed by atoms with Crippen molar-refractivity contribution in [2.24, 2.45) is 0 Å². The minimum Gasteiger partial charge on any atom is -0.497 e. The lowest BCUT2D eigenvalue weighted by atomic mass is 10.2. The molecule has 4 aromatic rings. The number of carbonyl (C=O) groups is 1. The summed E-state index contributed by atoms with van der Waals surface area (Å²) >= 11 is 4.30. The maximum Gasteiger partial charge on any atom is 0.236 e. The molecule has 1 aromatic carbocycles. The third kappa shape index (κ3) is 5.35. The maximum atomic E-state index is 12.2. The van der Waals surface area contributed by atoms with Crippen LogP contribution in [0.5, 0.6) is 5.75 Å². The molecule has 0 spiro atoms. The quantitative estimate of drug-likeness (QED) is 0.367. The highest BCUT2D eigenvalue weighted by Gasteiger charge is 2.10. The van der Waals surface area contributed by atoms with Gasteiger partial charge in [-0.05, 0) is 47.9 Å². The van der Waals surface area contributed by atoms with Gasteiger partial charge in [0.2, 0.25) is 11.1 Å². The summed E-state index contributed by atoms with van der Waals surface area (Å²) in [7, 11) is 1.63. The van der Waals surface area contributed by atoms with Gasteiger partial charge in [-0.25, -0.2) is 9.97 Å². The van der Waals surface area contributed by atoms with Crippen LogP contribution in [0.2, 0.25) is 0 Å². The largest absolute Gasteiger partial charge is 0.497 e. The molecule has 7 nitrogen and oxygen atoms in total.